The van der Waals surface area contributed by atoms with E-state index in [1.54, 1.807) is 16.8 Å². The first kappa shape index (κ1) is 6.78. The molecule has 0 aromatic carbocycles. The van der Waals surface area contributed by atoms with Crippen molar-refractivity contribution in [2.75, 3.05) is 0 Å². The SMILES string of the molecule is O=c1ccn2ccc(=O)[nH]c2n1. The zero-order chi connectivity index (χ0) is 8.55. The van der Waals surface area contributed by atoms with Gasteiger partial charge in [0.05, 0.1) is 0 Å². The van der Waals surface area contributed by atoms with Crippen molar-refractivity contribution in [2.24, 2.45) is 0 Å². The van der Waals surface area contributed by atoms with Crippen LogP contribution >= 0.6 is 0 Å². The first-order valence-corrected chi connectivity index (χ1v) is 3.34. The highest BCUT2D eigenvalue weighted by atomic mass is 16.1. The average Bonchev–Trinajstić information content (AvgIpc) is 2.03. The van der Waals surface area contributed by atoms with Gasteiger partial charge in [-0.25, -0.2) is 0 Å². The van der Waals surface area contributed by atoms with Crippen LogP contribution in [0.15, 0.2) is 34.1 Å². The van der Waals surface area contributed by atoms with Crippen molar-refractivity contribution in [1.29, 1.82) is 0 Å². The molecule has 5 nitrogen and oxygen atoms in total. The van der Waals surface area contributed by atoms with Gasteiger partial charge in [0.1, 0.15) is 0 Å². The first-order valence-electron chi connectivity index (χ1n) is 3.34. The van der Waals surface area contributed by atoms with Gasteiger partial charge in [-0.05, 0) is 0 Å². The van der Waals surface area contributed by atoms with Gasteiger partial charge in [0, 0.05) is 24.5 Å². The van der Waals surface area contributed by atoms with Crippen LogP contribution in [0.25, 0.3) is 5.78 Å². The van der Waals surface area contributed by atoms with Gasteiger partial charge in [0.15, 0.2) is 0 Å². The smallest absolute Gasteiger partial charge is 0.274 e. The number of aromatic amines is 1. The Kier molecular flexibility index (Phi) is 1.30. The maximum absolute atomic E-state index is 10.8. The molecule has 2 aromatic rings. The molecule has 0 unspecified atom stereocenters. The third-order valence-corrected chi connectivity index (χ3v) is 1.46. The molecular weight excluding hydrogens is 158 g/mol. The summed E-state index contributed by atoms with van der Waals surface area (Å²) in [5, 5.41) is 0. The molecule has 0 aliphatic rings. The van der Waals surface area contributed by atoms with Crippen LogP contribution in [-0.2, 0) is 0 Å². The Morgan fingerprint density at radius 3 is 2.83 bits per heavy atom. The van der Waals surface area contributed by atoms with E-state index in [-0.39, 0.29) is 16.9 Å². The van der Waals surface area contributed by atoms with Crippen LogP contribution in [0.1, 0.15) is 0 Å². The molecule has 12 heavy (non-hydrogen) atoms. The van der Waals surface area contributed by atoms with Gasteiger partial charge >= 0.3 is 0 Å². The van der Waals surface area contributed by atoms with Crippen molar-refractivity contribution >= 4 is 5.78 Å². The molecule has 0 saturated heterocycles. The fraction of sp³-hybridized carbons (Fsp3) is 0. The second-order valence-corrected chi connectivity index (χ2v) is 2.30. The number of H-pyrrole nitrogens is 1. The zero-order valence-corrected chi connectivity index (χ0v) is 6.02. The lowest BCUT2D eigenvalue weighted by Gasteiger charge is -1.95. The highest BCUT2D eigenvalue weighted by molar-refractivity contribution is 5.24. The van der Waals surface area contributed by atoms with Gasteiger partial charge in [-0.2, -0.15) is 4.98 Å². The second-order valence-electron chi connectivity index (χ2n) is 2.30. The van der Waals surface area contributed by atoms with E-state index in [0.29, 0.717) is 0 Å². The summed E-state index contributed by atoms with van der Waals surface area (Å²) in [6.45, 7) is 0. The van der Waals surface area contributed by atoms with Gasteiger partial charge < -0.3 is 0 Å². The lowest BCUT2D eigenvalue weighted by molar-refractivity contribution is 1.000. The average molecular weight is 163 g/mol. The Labute approximate surface area is 66.3 Å². The molecule has 2 heterocycles. The summed E-state index contributed by atoms with van der Waals surface area (Å²) in [5.41, 5.74) is -0.634. The standard InChI is InChI=1S/C7H5N3O2/c11-5-1-3-10-4-2-6(12)9-7(10)8-5/h1-4H,(H,8,9,11,12). The van der Waals surface area contributed by atoms with E-state index in [9.17, 15) is 9.59 Å². The van der Waals surface area contributed by atoms with Crippen LogP contribution in [0.3, 0.4) is 0 Å². The summed E-state index contributed by atoms with van der Waals surface area (Å²) in [5.74, 6) is 0.259. The zero-order valence-electron chi connectivity index (χ0n) is 6.02. The first-order chi connectivity index (χ1) is 5.75. The lowest BCUT2D eigenvalue weighted by atomic mass is 10.6. The van der Waals surface area contributed by atoms with E-state index in [1.165, 1.54) is 12.1 Å². The van der Waals surface area contributed by atoms with Crippen LogP contribution < -0.4 is 11.1 Å². The van der Waals surface area contributed by atoms with Crippen molar-refractivity contribution in [3.63, 3.8) is 0 Å². The highest BCUT2D eigenvalue weighted by Crippen LogP contribution is 1.85. The number of rotatable bonds is 0. The van der Waals surface area contributed by atoms with Gasteiger partial charge in [-0.15, -0.1) is 0 Å². The third-order valence-electron chi connectivity index (χ3n) is 1.46. The number of fused-ring (bicyclic) bond motifs is 1. The molecule has 0 spiro atoms. The Hall–Kier alpha value is -1.91. The van der Waals surface area contributed by atoms with Crippen LogP contribution in [0.4, 0.5) is 0 Å². The largest absolute Gasteiger partial charge is 0.294 e. The van der Waals surface area contributed by atoms with E-state index in [1.807, 2.05) is 0 Å². The van der Waals surface area contributed by atoms with Crippen molar-refractivity contribution in [3.05, 3.63) is 45.2 Å². The molecular formula is C7H5N3O2. The van der Waals surface area contributed by atoms with E-state index in [4.69, 9.17) is 0 Å². The molecule has 0 radical (unpaired) electrons. The van der Waals surface area contributed by atoms with Crippen LogP contribution in [0.5, 0.6) is 0 Å². The minimum absolute atomic E-state index is 0.259. The van der Waals surface area contributed by atoms with Gasteiger partial charge in [0.2, 0.25) is 5.78 Å². The number of hydrogen-bond acceptors (Lipinski definition) is 3. The van der Waals surface area contributed by atoms with Gasteiger partial charge in [0.25, 0.3) is 11.1 Å². The van der Waals surface area contributed by atoms with Crippen LogP contribution in [-0.4, -0.2) is 14.4 Å². The minimum Gasteiger partial charge on any atom is -0.294 e. The quantitative estimate of drug-likeness (QED) is 0.563. The molecule has 0 saturated carbocycles. The molecule has 0 bridgehead atoms. The molecule has 5 heteroatoms. The molecule has 0 fully saturated rings. The Bertz CT molecular complexity index is 481. The molecule has 2 rings (SSSR count). The highest BCUT2D eigenvalue weighted by Gasteiger charge is 1.92. The molecule has 60 valence electrons. The second kappa shape index (κ2) is 2.30. The fourth-order valence-corrected chi connectivity index (χ4v) is 0.927. The van der Waals surface area contributed by atoms with E-state index >= 15 is 0 Å². The molecule has 0 aliphatic heterocycles. The predicted molar refractivity (Wildman–Crippen MR) is 42.1 cm³/mol. The van der Waals surface area contributed by atoms with Crippen molar-refractivity contribution in [2.45, 2.75) is 0 Å². The molecule has 0 amide bonds. The maximum atomic E-state index is 10.8. The predicted octanol–water partition coefficient (Wildman–Crippen LogP) is -0.617. The number of aromatic nitrogens is 3. The van der Waals surface area contributed by atoms with Crippen molar-refractivity contribution < 1.29 is 0 Å². The molecule has 2 aromatic heterocycles. The maximum Gasteiger partial charge on any atom is 0.274 e. The summed E-state index contributed by atoms with van der Waals surface area (Å²) in [6, 6.07) is 2.68. The van der Waals surface area contributed by atoms with Crippen molar-refractivity contribution in [1.82, 2.24) is 14.4 Å². The number of hydrogen-bond donors (Lipinski definition) is 1. The summed E-state index contributed by atoms with van der Waals surface area (Å²) in [4.78, 5) is 27.5. The molecule has 0 atom stereocenters. The van der Waals surface area contributed by atoms with Crippen molar-refractivity contribution in [3.8, 4) is 0 Å². The normalized spacial score (nSPS) is 10.3. The monoisotopic (exact) mass is 163 g/mol. The number of nitrogens with one attached hydrogen (secondary N) is 1. The molecule has 0 aliphatic carbocycles. The molecule has 1 N–H and O–H groups in total. The number of nitrogens with zero attached hydrogens (tertiary/aromatic N) is 2. The summed E-state index contributed by atoms with van der Waals surface area (Å²) in [6.07, 6.45) is 3.08. The Morgan fingerprint density at radius 2 is 2.00 bits per heavy atom. The summed E-state index contributed by atoms with van der Waals surface area (Å²) in [7, 11) is 0. The van der Waals surface area contributed by atoms with Gasteiger partial charge in [-0.3, -0.25) is 19.0 Å². The van der Waals surface area contributed by atoms with E-state index in [2.05, 4.69) is 9.97 Å². The fourth-order valence-electron chi connectivity index (χ4n) is 0.927. The minimum atomic E-state index is -0.364. The Morgan fingerprint density at radius 1 is 1.25 bits per heavy atom. The topological polar surface area (TPSA) is 67.2 Å². The van der Waals surface area contributed by atoms with Crippen LogP contribution in [0.2, 0.25) is 0 Å². The summed E-state index contributed by atoms with van der Waals surface area (Å²) < 4.78 is 1.56. The summed E-state index contributed by atoms with van der Waals surface area (Å²) >= 11 is 0. The third kappa shape index (κ3) is 1.01. The van der Waals surface area contributed by atoms with E-state index in [0.717, 1.165) is 0 Å². The van der Waals surface area contributed by atoms with Crippen LogP contribution in [0, 0.1) is 0 Å². The van der Waals surface area contributed by atoms with Gasteiger partial charge in [-0.1, -0.05) is 0 Å². The lowest BCUT2D eigenvalue weighted by Crippen LogP contribution is -2.13. The Balaban J connectivity index is 2.98. The van der Waals surface area contributed by atoms with E-state index < -0.39 is 0 Å².